The third kappa shape index (κ3) is 4.51. The summed E-state index contributed by atoms with van der Waals surface area (Å²) in [6.07, 6.45) is -2.71. The monoisotopic (exact) mass is 402 g/mol. The molecule has 2 aromatic carbocycles. The van der Waals surface area contributed by atoms with Gasteiger partial charge in [0.25, 0.3) is 0 Å². The summed E-state index contributed by atoms with van der Waals surface area (Å²) in [5.74, 6) is 4.83. The highest BCUT2D eigenvalue weighted by Crippen LogP contribution is 2.35. The van der Waals surface area contributed by atoms with E-state index in [1.54, 1.807) is 37.4 Å². The summed E-state index contributed by atoms with van der Waals surface area (Å²) in [7, 11) is 1.29. The molecule has 3 rings (SSSR count). The molecule has 0 aliphatic rings. The minimum atomic E-state index is -4.75. The molecule has 0 saturated heterocycles. The Morgan fingerprint density at radius 1 is 1.21 bits per heavy atom. The average molecular weight is 402 g/mol. The van der Waals surface area contributed by atoms with Gasteiger partial charge in [-0.1, -0.05) is 18.2 Å². The lowest BCUT2D eigenvalue weighted by Gasteiger charge is -2.18. The van der Waals surface area contributed by atoms with Crippen molar-refractivity contribution in [2.45, 2.75) is 25.6 Å². The largest absolute Gasteiger partial charge is 0.573 e. The van der Waals surface area contributed by atoms with Gasteiger partial charge in [-0.05, 0) is 36.2 Å². The number of esters is 1. The lowest BCUT2D eigenvalue weighted by Crippen LogP contribution is -2.17. The Balaban J connectivity index is 2.05. The SMILES string of the molecule is CC#CCC(c1ccc(OC(F)(F)F)cc1)c1ccc(C(=O)OC)c2[nH]ncc12. The van der Waals surface area contributed by atoms with Crippen LogP contribution in [0.15, 0.2) is 42.6 Å². The second-order valence-electron chi connectivity index (χ2n) is 6.15. The number of carbonyl (C=O) groups excluding carboxylic acids is 1. The van der Waals surface area contributed by atoms with Gasteiger partial charge in [0.15, 0.2) is 0 Å². The van der Waals surface area contributed by atoms with Crippen molar-refractivity contribution in [1.82, 2.24) is 10.2 Å². The van der Waals surface area contributed by atoms with E-state index in [4.69, 9.17) is 4.74 Å². The van der Waals surface area contributed by atoms with Gasteiger partial charge in [-0.2, -0.15) is 5.10 Å². The fourth-order valence-corrected chi connectivity index (χ4v) is 3.15. The standard InChI is InChI=1S/C21H17F3N2O3/c1-3-4-5-15(13-6-8-14(9-7-13)29-21(22,23)24)16-10-11-17(20(27)28-2)19-18(16)12-25-26-19/h6-12,15H,5H2,1-2H3,(H,25,26). The minimum Gasteiger partial charge on any atom is -0.465 e. The summed E-state index contributed by atoms with van der Waals surface area (Å²) >= 11 is 0. The quantitative estimate of drug-likeness (QED) is 0.492. The number of aromatic amines is 1. The number of aromatic nitrogens is 2. The van der Waals surface area contributed by atoms with E-state index in [1.807, 2.05) is 0 Å². The maximum atomic E-state index is 12.4. The van der Waals surface area contributed by atoms with E-state index >= 15 is 0 Å². The van der Waals surface area contributed by atoms with E-state index in [0.29, 0.717) is 22.9 Å². The third-order valence-corrected chi connectivity index (χ3v) is 4.43. The fraction of sp³-hybridized carbons (Fsp3) is 0.238. The van der Waals surface area contributed by atoms with Gasteiger partial charge < -0.3 is 9.47 Å². The van der Waals surface area contributed by atoms with Gasteiger partial charge in [-0.25, -0.2) is 4.79 Å². The number of halogens is 3. The Bertz CT molecular complexity index is 1080. The van der Waals surface area contributed by atoms with Gasteiger partial charge in [-0.3, -0.25) is 5.10 Å². The maximum Gasteiger partial charge on any atom is 0.573 e. The van der Waals surface area contributed by atoms with Crippen LogP contribution in [-0.4, -0.2) is 29.6 Å². The zero-order valence-electron chi connectivity index (χ0n) is 15.6. The van der Waals surface area contributed by atoms with Gasteiger partial charge in [-0.15, -0.1) is 25.0 Å². The Labute approximate surface area is 164 Å². The number of nitrogens with zero attached hydrogens (tertiary/aromatic N) is 1. The molecule has 1 heterocycles. The van der Waals surface area contributed by atoms with E-state index < -0.39 is 12.3 Å². The Hall–Kier alpha value is -3.47. The molecule has 0 spiro atoms. The zero-order chi connectivity index (χ0) is 21.0. The molecule has 29 heavy (non-hydrogen) atoms. The van der Waals surface area contributed by atoms with Crippen molar-refractivity contribution < 1.29 is 27.4 Å². The van der Waals surface area contributed by atoms with Crippen LogP contribution >= 0.6 is 0 Å². The zero-order valence-corrected chi connectivity index (χ0v) is 15.6. The van der Waals surface area contributed by atoms with Crippen molar-refractivity contribution in [2.75, 3.05) is 7.11 Å². The first-order valence-corrected chi connectivity index (χ1v) is 8.63. The molecule has 5 nitrogen and oxygen atoms in total. The van der Waals surface area contributed by atoms with Gasteiger partial charge >= 0.3 is 12.3 Å². The summed E-state index contributed by atoms with van der Waals surface area (Å²) in [6, 6.07) is 9.10. The van der Waals surface area contributed by atoms with Crippen LogP contribution in [0.5, 0.6) is 5.75 Å². The van der Waals surface area contributed by atoms with E-state index in [9.17, 15) is 18.0 Å². The highest BCUT2D eigenvalue weighted by atomic mass is 19.4. The fourth-order valence-electron chi connectivity index (χ4n) is 3.15. The Morgan fingerprint density at radius 3 is 2.55 bits per heavy atom. The number of alkyl halides is 3. The molecule has 8 heteroatoms. The number of methoxy groups -OCH3 is 1. The Morgan fingerprint density at radius 2 is 1.93 bits per heavy atom. The van der Waals surface area contributed by atoms with Crippen LogP contribution in [0.4, 0.5) is 13.2 Å². The van der Waals surface area contributed by atoms with Crippen LogP contribution in [-0.2, 0) is 4.74 Å². The number of H-pyrrole nitrogens is 1. The summed E-state index contributed by atoms with van der Waals surface area (Å²) in [6.45, 7) is 1.71. The van der Waals surface area contributed by atoms with Crippen LogP contribution in [0.25, 0.3) is 10.9 Å². The number of rotatable bonds is 5. The van der Waals surface area contributed by atoms with Crippen molar-refractivity contribution in [3.05, 3.63) is 59.3 Å². The van der Waals surface area contributed by atoms with Crippen molar-refractivity contribution >= 4 is 16.9 Å². The summed E-state index contributed by atoms with van der Waals surface area (Å²) in [5.41, 5.74) is 2.48. The molecule has 0 aliphatic heterocycles. The van der Waals surface area contributed by atoms with Crippen LogP contribution in [0.2, 0.25) is 0 Å². The van der Waals surface area contributed by atoms with Crippen LogP contribution < -0.4 is 4.74 Å². The van der Waals surface area contributed by atoms with Crippen LogP contribution in [0.1, 0.15) is 40.7 Å². The highest BCUT2D eigenvalue weighted by molar-refractivity contribution is 6.03. The number of hydrogen-bond donors (Lipinski definition) is 1. The topological polar surface area (TPSA) is 64.2 Å². The van der Waals surface area contributed by atoms with E-state index in [-0.39, 0.29) is 11.7 Å². The molecule has 0 amide bonds. The molecule has 1 N–H and O–H groups in total. The summed E-state index contributed by atoms with van der Waals surface area (Å²) < 4.78 is 46.0. The number of carbonyl (C=O) groups is 1. The minimum absolute atomic E-state index is 0.241. The summed E-state index contributed by atoms with van der Waals surface area (Å²) in [5, 5.41) is 7.56. The number of fused-ring (bicyclic) bond motifs is 1. The maximum absolute atomic E-state index is 12.4. The molecule has 1 atom stereocenters. The van der Waals surface area contributed by atoms with Gasteiger partial charge in [0.05, 0.1) is 24.4 Å². The molecule has 0 bridgehead atoms. The molecular formula is C21H17F3N2O3. The average Bonchev–Trinajstić information content (AvgIpc) is 3.17. The van der Waals surface area contributed by atoms with E-state index in [2.05, 4.69) is 26.8 Å². The molecule has 0 aliphatic carbocycles. The first-order chi connectivity index (χ1) is 13.8. The molecule has 0 saturated carbocycles. The lowest BCUT2D eigenvalue weighted by atomic mass is 9.86. The third-order valence-electron chi connectivity index (χ3n) is 4.43. The first kappa shape index (κ1) is 20.3. The second-order valence-corrected chi connectivity index (χ2v) is 6.15. The smallest absolute Gasteiger partial charge is 0.465 e. The van der Waals surface area contributed by atoms with Gasteiger partial charge in [0.2, 0.25) is 0 Å². The number of benzene rings is 2. The van der Waals surface area contributed by atoms with Crippen molar-refractivity contribution in [2.24, 2.45) is 0 Å². The van der Waals surface area contributed by atoms with Gasteiger partial charge in [0, 0.05) is 17.7 Å². The van der Waals surface area contributed by atoms with Gasteiger partial charge in [0.1, 0.15) is 5.75 Å². The number of ether oxygens (including phenoxy) is 2. The number of hydrogen-bond acceptors (Lipinski definition) is 4. The number of nitrogens with one attached hydrogen (secondary N) is 1. The van der Waals surface area contributed by atoms with E-state index in [1.165, 1.54) is 19.2 Å². The predicted octanol–water partition coefficient (Wildman–Crippen LogP) is 4.79. The Kier molecular flexibility index (Phi) is 5.78. The highest BCUT2D eigenvalue weighted by Gasteiger charge is 2.31. The molecule has 1 unspecified atom stereocenters. The summed E-state index contributed by atoms with van der Waals surface area (Å²) in [4.78, 5) is 12.0. The second kappa shape index (κ2) is 8.27. The lowest BCUT2D eigenvalue weighted by molar-refractivity contribution is -0.274. The molecule has 0 fully saturated rings. The molecule has 3 aromatic rings. The van der Waals surface area contributed by atoms with E-state index in [0.717, 1.165) is 11.1 Å². The molecule has 1 aromatic heterocycles. The van der Waals surface area contributed by atoms with Crippen molar-refractivity contribution in [3.63, 3.8) is 0 Å². The van der Waals surface area contributed by atoms with Crippen molar-refractivity contribution in [1.29, 1.82) is 0 Å². The predicted molar refractivity (Wildman–Crippen MR) is 100 cm³/mol. The molecule has 0 radical (unpaired) electrons. The normalized spacial score (nSPS) is 12.2. The molecular weight excluding hydrogens is 385 g/mol. The molecule has 150 valence electrons. The first-order valence-electron chi connectivity index (χ1n) is 8.63. The van der Waals surface area contributed by atoms with Crippen LogP contribution in [0.3, 0.4) is 0 Å². The van der Waals surface area contributed by atoms with Crippen LogP contribution in [0, 0.1) is 11.8 Å². The van der Waals surface area contributed by atoms with Crippen molar-refractivity contribution in [3.8, 4) is 17.6 Å².